The van der Waals surface area contributed by atoms with Crippen molar-refractivity contribution in [2.24, 2.45) is 0 Å². The van der Waals surface area contributed by atoms with Gasteiger partial charge < -0.3 is 24.4 Å². The number of esters is 1. The molecule has 9 heteroatoms. The molecule has 2 amide bonds. The van der Waals surface area contributed by atoms with Gasteiger partial charge in [-0.25, -0.2) is 4.79 Å². The lowest BCUT2D eigenvalue weighted by Gasteiger charge is -2.22. The van der Waals surface area contributed by atoms with Gasteiger partial charge in [0.15, 0.2) is 6.61 Å². The van der Waals surface area contributed by atoms with Crippen LogP contribution in [0.4, 0.5) is 5.00 Å². The Hall–Kier alpha value is -1.97. The molecule has 0 aliphatic heterocycles. The van der Waals surface area contributed by atoms with Crippen LogP contribution in [0.2, 0.25) is 0 Å². The fourth-order valence-corrected chi connectivity index (χ4v) is 4.41. The standard InChI is InChI=1S/C19H28N2O6S/c1-13(22)20-18-17(14-6-4-5-7-15(14)28-18)19(24)27-12-16(23)21(8-10-25-2)9-11-26-3/h4-12H2,1-3H3,(H,20,22). The summed E-state index contributed by atoms with van der Waals surface area (Å²) in [7, 11) is 3.12. The molecular formula is C19H28N2O6S. The first-order chi connectivity index (χ1) is 13.5. The zero-order valence-corrected chi connectivity index (χ0v) is 17.5. The van der Waals surface area contributed by atoms with Crippen LogP contribution >= 0.6 is 11.3 Å². The molecule has 0 aromatic carbocycles. The zero-order valence-electron chi connectivity index (χ0n) is 16.7. The fraction of sp³-hybridized carbons (Fsp3) is 0.632. The second-order valence-corrected chi connectivity index (χ2v) is 7.64. The van der Waals surface area contributed by atoms with Gasteiger partial charge in [0.25, 0.3) is 5.91 Å². The van der Waals surface area contributed by atoms with E-state index in [1.807, 2.05) is 0 Å². The summed E-state index contributed by atoms with van der Waals surface area (Å²) in [5.74, 6) is -1.13. The molecule has 2 rings (SSSR count). The lowest BCUT2D eigenvalue weighted by Crippen LogP contribution is -2.39. The van der Waals surface area contributed by atoms with Gasteiger partial charge in [-0.15, -0.1) is 11.3 Å². The maximum Gasteiger partial charge on any atom is 0.341 e. The fourth-order valence-electron chi connectivity index (χ4n) is 3.08. The number of hydrogen-bond acceptors (Lipinski definition) is 7. The van der Waals surface area contributed by atoms with Crippen molar-refractivity contribution in [1.82, 2.24) is 4.90 Å². The highest BCUT2D eigenvalue weighted by Crippen LogP contribution is 2.38. The monoisotopic (exact) mass is 412 g/mol. The van der Waals surface area contributed by atoms with Gasteiger partial charge in [-0.3, -0.25) is 9.59 Å². The molecule has 0 spiro atoms. The molecule has 0 atom stereocenters. The van der Waals surface area contributed by atoms with Crippen molar-refractivity contribution in [3.63, 3.8) is 0 Å². The lowest BCUT2D eigenvalue weighted by atomic mass is 9.95. The third-order valence-electron chi connectivity index (χ3n) is 4.48. The van der Waals surface area contributed by atoms with Crippen molar-refractivity contribution < 1.29 is 28.6 Å². The Morgan fingerprint density at radius 3 is 2.32 bits per heavy atom. The van der Waals surface area contributed by atoms with Crippen LogP contribution in [0.3, 0.4) is 0 Å². The number of aryl methyl sites for hydroxylation is 1. The molecule has 0 saturated heterocycles. The van der Waals surface area contributed by atoms with E-state index in [0.717, 1.165) is 36.1 Å². The molecule has 1 heterocycles. The highest BCUT2D eigenvalue weighted by molar-refractivity contribution is 7.17. The van der Waals surface area contributed by atoms with E-state index < -0.39 is 5.97 Å². The Kier molecular flexibility index (Phi) is 8.88. The SMILES string of the molecule is COCCN(CCOC)C(=O)COC(=O)c1c(NC(C)=O)sc2c1CCCC2. The van der Waals surface area contributed by atoms with Gasteiger partial charge in [-0.1, -0.05) is 0 Å². The quantitative estimate of drug-likeness (QED) is 0.590. The smallest absolute Gasteiger partial charge is 0.341 e. The van der Waals surface area contributed by atoms with E-state index in [1.165, 1.54) is 23.2 Å². The number of ether oxygens (including phenoxy) is 3. The van der Waals surface area contributed by atoms with Gasteiger partial charge in [0, 0.05) is 39.1 Å². The van der Waals surface area contributed by atoms with Crippen LogP contribution in [0.5, 0.6) is 0 Å². The van der Waals surface area contributed by atoms with E-state index in [0.29, 0.717) is 36.9 Å². The Labute approximate surface area is 169 Å². The van der Waals surface area contributed by atoms with Gasteiger partial charge in [0.05, 0.1) is 18.8 Å². The minimum absolute atomic E-state index is 0.242. The van der Waals surface area contributed by atoms with E-state index in [4.69, 9.17) is 14.2 Å². The van der Waals surface area contributed by atoms with Crippen molar-refractivity contribution in [3.8, 4) is 0 Å². The van der Waals surface area contributed by atoms with Gasteiger partial charge >= 0.3 is 5.97 Å². The number of anilines is 1. The molecule has 0 bridgehead atoms. The highest BCUT2D eigenvalue weighted by atomic mass is 32.1. The first-order valence-electron chi connectivity index (χ1n) is 9.32. The Bertz CT molecular complexity index is 695. The molecule has 28 heavy (non-hydrogen) atoms. The summed E-state index contributed by atoms with van der Waals surface area (Å²) in [6.45, 7) is 2.59. The van der Waals surface area contributed by atoms with Gasteiger partial charge in [-0.05, 0) is 31.2 Å². The average Bonchev–Trinajstić information content (AvgIpc) is 3.03. The van der Waals surface area contributed by atoms with Crippen LogP contribution in [0.1, 0.15) is 40.6 Å². The number of nitrogens with one attached hydrogen (secondary N) is 1. The molecule has 0 radical (unpaired) electrons. The molecule has 1 aliphatic carbocycles. The number of amides is 2. The van der Waals surface area contributed by atoms with Crippen molar-refractivity contribution >= 4 is 34.1 Å². The molecule has 1 N–H and O–H groups in total. The van der Waals surface area contributed by atoms with Crippen molar-refractivity contribution in [2.75, 3.05) is 52.4 Å². The van der Waals surface area contributed by atoms with Gasteiger partial charge in [-0.2, -0.15) is 0 Å². The number of carbonyl (C=O) groups is 3. The Balaban J connectivity index is 2.08. The maximum absolute atomic E-state index is 12.7. The molecule has 156 valence electrons. The van der Waals surface area contributed by atoms with Crippen molar-refractivity contribution in [2.45, 2.75) is 32.6 Å². The first-order valence-corrected chi connectivity index (χ1v) is 10.1. The summed E-state index contributed by atoms with van der Waals surface area (Å²) in [4.78, 5) is 39.4. The normalized spacial score (nSPS) is 13.0. The second kappa shape index (κ2) is 11.1. The number of thiophene rings is 1. The minimum Gasteiger partial charge on any atom is -0.452 e. The molecule has 0 unspecified atom stereocenters. The summed E-state index contributed by atoms with van der Waals surface area (Å²) in [6.07, 6.45) is 3.72. The predicted molar refractivity (Wildman–Crippen MR) is 106 cm³/mol. The van der Waals surface area contributed by atoms with Gasteiger partial charge in [0.1, 0.15) is 5.00 Å². The first kappa shape index (κ1) is 22.3. The number of nitrogens with zero attached hydrogens (tertiary/aromatic N) is 1. The molecule has 0 fully saturated rings. The summed E-state index contributed by atoms with van der Waals surface area (Å²) in [5, 5.41) is 3.24. The minimum atomic E-state index is -0.574. The van der Waals surface area contributed by atoms with E-state index in [9.17, 15) is 14.4 Å². The predicted octanol–water partition coefficient (Wildman–Crippen LogP) is 1.86. The summed E-state index contributed by atoms with van der Waals surface area (Å²) >= 11 is 1.42. The number of carbonyl (C=O) groups excluding carboxylic acids is 3. The molecule has 0 saturated carbocycles. The third kappa shape index (κ3) is 6.02. The van der Waals surface area contributed by atoms with Gasteiger partial charge in [0.2, 0.25) is 5.91 Å². The number of fused-ring (bicyclic) bond motifs is 1. The number of rotatable bonds is 10. The number of hydrogen-bond donors (Lipinski definition) is 1. The van der Waals surface area contributed by atoms with Crippen molar-refractivity contribution in [3.05, 3.63) is 16.0 Å². The van der Waals surface area contributed by atoms with E-state index in [1.54, 1.807) is 14.2 Å². The molecule has 8 nitrogen and oxygen atoms in total. The van der Waals surface area contributed by atoms with E-state index in [-0.39, 0.29) is 18.4 Å². The largest absolute Gasteiger partial charge is 0.452 e. The summed E-state index contributed by atoms with van der Waals surface area (Å²) in [6, 6.07) is 0. The lowest BCUT2D eigenvalue weighted by molar-refractivity contribution is -0.135. The van der Waals surface area contributed by atoms with Crippen LogP contribution in [0.25, 0.3) is 0 Å². The van der Waals surface area contributed by atoms with Crippen LogP contribution in [-0.2, 0) is 36.6 Å². The summed E-state index contributed by atoms with van der Waals surface area (Å²) < 4.78 is 15.4. The van der Waals surface area contributed by atoms with E-state index >= 15 is 0 Å². The Morgan fingerprint density at radius 1 is 1.07 bits per heavy atom. The number of methoxy groups -OCH3 is 2. The average molecular weight is 413 g/mol. The zero-order chi connectivity index (χ0) is 20.5. The molecule has 1 aliphatic rings. The van der Waals surface area contributed by atoms with Crippen LogP contribution in [-0.4, -0.2) is 69.8 Å². The van der Waals surface area contributed by atoms with E-state index in [2.05, 4.69) is 5.32 Å². The molecule has 1 aromatic heterocycles. The molecular weight excluding hydrogens is 384 g/mol. The molecule has 1 aromatic rings. The Morgan fingerprint density at radius 2 is 1.71 bits per heavy atom. The maximum atomic E-state index is 12.7. The highest BCUT2D eigenvalue weighted by Gasteiger charge is 2.27. The second-order valence-electron chi connectivity index (χ2n) is 6.54. The topological polar surface area (TPSA) is 94.2 Å². The van der Waals surface area contributed by atoms with Crippen molar-refractivity contribution in [1.29, 1.82) is 0 Å². The summed E-state index contributed by atoms with van der Waals surface area (Å²) in [5.41, 5.74) is 1.33. The van der Waals surface area contributed by atoms with Crippen LogP contribution < -0.4 is 5.32 Å². The van der Waals surface area contributed by atoms with Crippen LogP contribution in [0.15, 0.2) is 0 Å². The third-order valence-corrected chi connectivity index (χ3v) is 5.68. The van der Waals surface area contributed by atoms with Crippen LogP contribution in [0, 0.1) is 0 Å².